The van der Waals surface area contributed by atoms with E-state index >= 15 is 0 Å². The maximum absolute atomic E-state index is 5.42. The topological polar surface area (TPSA) is 71.7 Å². The van der Waals surface area contributed by atoms with Crippen LogP contribution in [0.1, 0.15) is 19.4 Å². The number of para-hydroxylation sites is 1. The Labute approximate surface area is 102 Å². The van der Waals surface area contributed by atoms with Crippen molar-refractivity contribution >= 4 is 11.6 Å². The molecule has 0 spiro atoms. The summed E-state index contributed by atoms with van der Waals surface area (Å²) in [4.78, 5) is 4.32. The van der Waals surface area contributed by atoms with Gasteiger partial charge in [0.1, 0.15) is 0 Å². The lowest BCUT2D eigenvalue weighted by molar-refractivity contribution is 0.185. The first-order valence-corrected chi connectivity index (χ1v) is 5.55. The first-order valence-electron chi connectivity index (χ1n) is 5.55. The Kier molecular flexibility index (Phi) is 5.45. The Morgan fingerprint density at radius 1 is 1.41 bits per heavy atom. The molecule has 0 aliphatic heterocycles. The van der Waals surface area contributed by atoms with Crippen LogP contribution in [0.2, 0.25) is 0 Å². The maximum atomic E-state index is 5.42. The number of aliphatic imine (C=N–C) groups is 1. The number of benzene rings is 1. The second kappa shape index (κ2) is 6.88. The minimum atomic E-state index is 0.170. The van der Waals surface area contributed by atoms with Crippen LogP contribution in [0.3, 0.4) is 0 Å². The van der Waals surface area contributed by atoms with Crippen molar-refractivity contribution in [2.45, 2.75) is 26.5 Å². The summed E-state index contributed by atoms with van der Waals surface area (Å²) in [5.74, 6) is 5.96. The van der Waals surface area contributed by atoms with Crippen LogP contribution in [0.4, 0.5) is 5.69 Å². The summed E-state index contributed by atoms with van der Waals surface area (Å²) in [5.41, 5.74) is 4.54. The largest absolute Gasteiger partial charge is 0.380 e. The zero-order valence-electron chi connectivity index (χ0n) is 10.5. The third-order valence-corrected chi connectivity index (χ3v) is 2.09. The first-order chi connectivity index (χ1) is 8.17. The van der Waals surface area contributed by atoms with E-state index in [1.54, 1.807) is 7.11 Å². The van der Waals surface area contributed by atoms with E-state index in [0.29, 0.717) is 12.6 Å². The summed E-state index contributed by atoms with van der Waals surface area (Å²) < 4.78 is 5.13. The molecule has 0 bridgehead atoms. The summed E-state index contributed by atoms with van der Waals surface area (Å²) >= 11 is 0. The van der Waals surface area contributed by atoms with Gasteiger partial charge in [0, 0.05) is 24.4 Å². The predicted molar refractivity (Wildman–Crippen MR) is 70.7 cm³/mol. The van der Waals surface area contributed by atoms with Crippen molar-refractivity contribution in [1.82, 2.24) is 5.43 Å². The Morgan fingerprint density at radius 2 is 2.12 bits per heavy atom. The summed E-state index contributed by atoms with van der Waals surface area (Å²) in [6.07, 6.45) is 0. The van der Waals surface area contributed by atoms with E-state index in [1.165, 1.54) is 0 Å². The predicted octanol–water partition coefficient (Wildman–Crippen LogP) is 1.47. The van der Waals surface area contributed by atoms with E-state index in [0.717, 1.165) is 11.3 Å². The standard InChI is InChI=1S/C12H20N4O/c1-9(2)14-12(16-13)15-11-7-5-4-6-10(11)8-17-3/h4-7,9H,8,13H2,1-3H3,(H2,14,15,16). The van der Waals surface area contributed by atoms with Gasteiger partial charge in [0.25, 0.3) is 0 Å². The Hall–Kier alpha value is -1.59. The highest BCUT2D eigenvalue weighted by atomic mass is 16.5. The number of hydrogen-bond donors (Lipinski definition) is 3. The molecule has 1 aromatic carbocycles. The fourth-order valence-corrected chi connectivity index (χ4v) is 1.42. The third kappa shape index (κ3) is 4.42. The summed E-state index contributed by atoms with van der Waals surface area (Å²) in [7, 11) is 1.67. The molecular weight excluding hydrogens is 216 g/mol. The van der Waals surface area contributed by atoms with Crippen molar-refractivity contribution in [2.75, 3.05) is 12.4 Å². The van der Waals surface area contributed by atoms with E-state index in [9.17, 15) is 0 Å². The van der Waals surface area contributed by atoms with Crippen LogP contribution in [-0.4, -0.2) is 19.1 Å². The first kappa shape index (κ1) is 13.5. The van der Waals surface area contributed by atoms with Crippen molar-refractivity contribution < 1.29 is 4.74 Å². The molecule has 0 amide bonds. The maximum Gasteiger partial charge on any atom is 0.210 e. The van der Waals surface area contributed by atoms with Gasteiger partial charge in [-0.15, -0.1) is 0 Å². The normalized spacial score (nSPS) is 11.7. The van der Waals surface area contributed by atoms with Crippen molar-refractivity contribution in [2.24, 2.45) is 10.8 Å². The number of anilines is 1. The second-order valence-corrected chi connectivity index (χ2v) is 3.93. The SMILES string of the molecule is COCc1ccccc1NC(=NC(C)C)NN. The van der Waals surface area contributed by atoms with Crippen LogP contribution in [0.5, 0.6) is 0 Å². The monoisotopic (exact) mass is 236 g/mol. The molecule has 17 heavy (non-hydrogen) atoms. The van der Waals surface area contributed by atoms with Gasteiger partial charge in [-0.3, -0.25) is 5.43 Å². The van der Waals surface area contributed by atoms with Crippen molar-refractivity contribution in [3.63, 3.8) is 0 Å². The summed E-state index contributed by atoms with van der Waals surface area (Å²) in [6, 6.07) is 8.04. The van der Waals surface area contributed by atoms with Crippen molar-refractivity contribution in [3.05, 3.63) is 29.8 Å². The molecule has 0 aliphatic carbocycles. The van der Waals surface area contributed by atoms with Gasteiger partial charge in [-0.2, -0.15) is 0 Å². The fourth-order valence-electron chi connectivity index (χ4n) is 1.42. The minimum absolute atomic E-state index is 0.170. The molecule has 0 saturated carbocycles. The number of nitrogens with zero attached hydrogens (tertiary/aromatic N) is 1. The third-order valence-electron chi connectivity index (χ3n) is 2.09. The lowest BCUT2D eigenvalue weighted by Crippen LogP contribution is -2.37. The van der Waals surface area contributed by atoms with E-state index in [1.807, 2.05) is 38.1 Å². The van der Waals surface area contributed by atoms with Crippen LogP contribution in [0, 0.1) is 0 Å². The number of ether oxygens (including phenoxy) is 1. The van der Waals surface area contributed by atoms with Gasteiger partial charge in [-0.1, -0.05) is 18.2 Å². The van der Waals surface area contributed by atoms with E-state index in [-0.39, 0.29) is 6.04 Å². The van der Waals surface area contributed by atoms with E-state index in [2.05, 4.69) is 15.7 Å². The smallest absolute Gasteiger partial charge is 0.210 e. The Morgan fingerprint density at radius 3 is 2.71 bits per heavy atom. The molecule has 0 unspecified atom stereocenters. The Balaban J connectivity index is 2.85. The van der Waals surface area contributed by atoms with Gasteiger partial charge in [0.2, 0.25) is 5.96 Å². The molecule has 0 aromatic heterocycles. The molecule has 0 radical (unpaired) electrons. The van der Waals surface area contributed by atoms with Crippen molar-refractivity contribution in [3.8, 4) is 0 Å². The lowest BCUT2D eigenvalue weighted by atomic mass is 10.2. The minimum Gasteiger partial charge on any atom is -0.380 e. The molecule has 4 N–H and O–H groups in total. The molecule has 0 atom stereocenters. The number of rotatable bonds is 4. The highest BCUT2D eigenvalue weighted by Gasteiger charge is 2.04. The highest BCUT2D eigenvalue weighted by molar-refractivity contribution is 5.93. The van der Waals surface area contributed by atoms with Crippen LogP contribution in [-0.2, 0) is 11.3 Å². The van der Waals surface area contributed by atoms with Crippen LogP contribution in [0.25, 0.3) is 0 Å². The zero-order chi connectivity index (χ0) is 12.7. The van der Waals surface area contributed by atoms with Gasteiger partial charge in [-0.05, 0) is 19.9 Å². The molecule has 0 fully saturated rings. The quantitative estimate of drug-likeness (QED) is 0.320. The number of guanidine groups is 1. The summed E-state index contributed by atoms with van der Waals surface area (Å²) in [5, 5.41) is 3.15. The molecule has 0 saturated heterocycles. The molecule has 5 nitrogen and oxygen atoms in total. The molecule has 94 valence electrons. The molecule has 0 aliphatic rings. The number of hydrogen-bond acceptors (Lipinski definition) is 3. The van der Waals surface area contributed by atoms with Gasteiger partial charge in [0.05, 0.1) is 6.61 Å². The molecule has 1 rings (SSSR count). The van der Waals surface area contributed by atoms with Crippen LogP contribution in [0.15, 0.2) is 29.3 Å². The molecular formula is C12H20N4O. The number of nitrogens with two attached hydrogens (primary N) is 1. The number of methoxy groups -OCH3 is 1. The number of nitrogens with one attached hydrogen (secondary N) is 2. The molecule has 1 aromatic rings. The molecule has 0 heterocycles. The summed E-state index contributed by atoms with van der Waals surface area (Å²) in [6.45, 7) is 4.52. The van der Waals surface area contributed by atoms with Gasteiger partial charge in [0.15, 0.2) is 0 Å². The van der Waals surface area contributed by atoms with Crippen LogP contribution < -0.4 is 16.6 Å². The fraction of sp³-hybridized carbons (Fsp3) is 0.417. The average molecular weight is 236 g/mol. The Bertz CT molecular complexity index is 377. The zero-order valence-corrected chi connectivity index (χ0v) is 10.5. The van der Waals surface area contributed by atoms with E-state index < -0.39 is 0 Å². The molecule has 5 heteroatoms. The van der Waals surface area contributed by atoms with E-state index in [4.69, 9.17) is 10.6 Å². The van der Waals surface area contributed by atoms with Gasteiger partial charge < -0.3 is 10.1 Å². The van der Waals surface area contributed by atoms with Gasteiger partial charge >= 0.3 is 0 Å². The average Bonchev–Trinajstić information content (AvgIpc) is 2.30. The second-order valence-electron chi connectivity index (χ2n) is 3.93. The van der Waals surface area contributed by atoms with Crippen LogP contribution >= 0.6 is 0 Å². The highest BCUT2D eigenvalue weighted by Crippen LogP contribution is 2.15. The lowest BCUT2D eigenvalue weighted by Gasteiger charge is -2.13. The van der Waals surface area contributed by atoms with Crippen molar-refractivity contribution in [1.29, 1.82) is 0 Å². The van der Waals surface area contributed by atoms with Gasteiger partial charge in [-0.25, -0.2) is 10.8 Å². The number of hydrazine groups is 1.